The lowest BCUT2D eigenvalue weighted by atomic mass is 10.1. The Hall–Kier alpha value is -4.53. The minimum absolute atomic E-state index is 0.114. The van der Waals surface area contributed by atoms with Crippen molar-refractivity contribution in [1.82, 2.24) is 4.31 Å². The number of anilines is 1. The van der Waals surface area contributed by atoms with Crippen LogP contribution in [0.4, 0.5) is 28.4 Å². The first kappa shape index (κ1) is 35.3. The largest absolute Gasteiger partial charge is 0.505 e. The van der Waals surface area contributed by atoms with Crippen LogP contribution in [0.1, 0.15) is 19.4 Å². The van der Waals surface area contributed by atoms with Gasteiger partial charge in [0.2, 0.25) is 10.0 Å². The SMILES string of the molecule is CCN(CC)S(=O)(=O)c1ccc(N=Nc2cc(C)c(N=Nc3c(S(=O)(=O)O)cc4cc(S(=O)(=O)O)cc(N)c4c3O)cc2OC)cc1. The fraction of sp³-hybridized carbons (Fsp3) is 0.214. The monoisotopic (exact) mass is 706 g/mol. The maximum atomic E-state index is 12.7. The molecule has 0 aromatic heterocycles. The van der Waals surface area contributed by atoms with E-state index < -0.39 is 51.5 Å². The van der Waals surface area contributed by atoms with Crippen molar-refractivity contribution in [3.05, 3.63) is 60.2 Å². The predicted octanol–water partition coefficient (Wildman–Crippen LogP) is 5.80. The van der Waals surface area contributed by atoms with Crippen molar-refractivity contribution in [3.63, 3.8) is 0 Å². The summed E-state index contributed by atoms with van der Waals surface area (Å²) < 4.78 is 99.1. The van der Waals surface area contributed by atoms with Crippen LogP contribution in [0, 0.1) is 6.92 Å². The van der Waals surface area contributed by atoms with E-state index in [-0.39, 0.29) is 38.5 Å². The number of phenols is 1. The number of ether oxygens (including phenoxy) is 1. The summed E-state index contributed by atoms with van der Waals surface area (Å²) in [5.74, 6) is -0.655. The summed E-state index contributed by atoms with van der Waals surface area (Å²) in [6, 6.07) is 11.3. The smallest absolute Gasteiger partial charge is 0.296 e. The van der Waals surface area contributed by atoms with E-state index in [9.17, 15) is 39.5 Å². The molecule has 0 spiro atoms. The molecule has 0 unspecified atom stereocenters. The van der Waals surface area contributed by atoms with Crippen molar-refractivity contribution in [1.29, 1.82) is 0 Å². The van der Waals surface area contributed by atoms with Gasteiger partial charge in [0, 0.05) is 30.2 Å². The minimum Gasteiger partial charge on any atom is -0.505 e. The number of nitrogen functional groups attached to an aromatic ring is 1. The zero-order chi connectivity index (χ0) is 34.9. The molecule has 4 aromatic rings. The van der Waals surface area contributed by atoms with Gasteiger partial charge >= 0.3 is 0 Å². The Morgan fingerprint density at radius 3 is 1.96 bits per heavy atom. The van der Waals surface area contributed by atoms with Gasteiger partial charge in [-0.1, -0.05) is 13.8 Å². The topological polar surface area (TPSA) is 251 Å². The van der Waals surface area contributed by atoms with Crippen LogP contribution in [0.2, 0.25) is 0 Å². The van der Waals surface area contributed by atoms with Gasteiger partial charge < -0.3 is 15.6 Å². The molecule has 250 valence electrons. The van der Waals surface area contributed by atoms with E-state index in [4.69, 9.17) is 10.5 Å². The Morgan fingerprint density at radius 1 is 0.787 bits per heavy atom. The van der Waals surface area contributed by atoms with Crippen molar-refractivity contribution in [2.24, 2.45) is 20.5 Å². The second-order valence-corrected chi connectivity index (χ2v) is 14.7. The quantitative estimate of drug-likeness (QED) is 0.0824. The van der Waals surface area contributed by atoms with E-state index in [1.54, 1.807) is 20.8 Å². The summed E-state index contributed by atoms with van der Waals surface area (Å²) in [6.07, 6.45) is 0. The number of azo groups is 2. The molecule has 0 bridgehead atoms. The number of phenolic OH excluding ortho intramolecular Hbond substituents is 1. The summed E-state index contributed by atoms with van der Waals surface area (Å²) in [5, 5.41) is 26.8. The van der Waals surface area contributed by atoms with Crippen molar-refractivity contribution >= 4 is 69.5 Å². The van der Waals surface area contributed by atoms with Gasteiger partial charge in [-0.25, -0.2) is 8.42 Å². The highest BCUT2D eigenvalue weighted by Gasteiger charge is 2.25. The molecule has 0 aliphatic heterocycles. The molecular formula is C28H30N6O10S3. The van der Waals surface area contributed by atoms with Gasteiger partial charge in [0.1, 0.15) is 22.0 Å². The van der Waals surface area contributed by atoms with E-state index in [1.165, 1.54) is 47.8 Å². The number of hydrogen-bond acceptors (Lipinski definition) is 13. The third-order valence-electron chi connectivity index (χ3n) is 6.94. The first-order valence-corrected chi connectivity index (χ1v) is 17.9. The summed E-state index contributed by atoms with van der Waals surface area (Å²) in [6.45, 7) is 5.78. The van der Waals surface area contributed by atoms with E-state index in [2.05, 4.69) is 20.5 Å². The van der Waals surface area contributed by atoms with Crippen molar-refractivity contribution in [2.45, 2.75) is 35.5 Å². The third kappa shape index (κ3) is 7.39. The number of methoxy groups -OCH3 is 1. The first-order chi connectivity index (χ1) is 21.9. The van der Waals surface area contributed by atoms with Crippen LogP contribution in [-0.2, 0) is 30.3 Å². The molecule has 47 heavy (non-hydrogen) atoms. The molecular weight excluding hydrogens is 677 g/mol. The first-order valence-electron chi connectivity index (χ1n) is 13.6. The van der Waals surface area contributed by atoms with Gasteiger partial charge in [-0.3, -0.25) is 9.11 Å². The Labute approximate surface area is 270 Å². The van der Waals surface area contributed by atoms with Crippen molar-refractivity contribution in [3.8, 4) is 11.5 Å². The Bertz CT molecular complexity index is 2250. The summed E-state index contributed by atoms with van der Waals surface area (Å²) in [5.41, 5.74) is 6.09. The maximum Gasteiger partial charge on any atom is 0.296 e. The Morgan fingerprint density at radius 2 is 1.40 bits per heavy atom. The average Bonchev–Trinajstić information content (AvgIpc) is 2.99. The Balaban J connectivity index is 1.72. The number of nitrogens with two attached hydrogens (primary N) is 1. The number of nitrogens with zero attached hydrogens (tertiary/aromatic N) is 5. The predicted molar refractivity (Wildman–Crippen MR) is 172 cm³/mol. The van der Waals surface area contributed by atoms with Crippen LogP contribution in [0.25, 0.3) is 10.8 Å². The lowest BCUT2D eigenvalue weighted by Gasteiger charge is -2.18. The second kappa shape index (κ2) is 13.3. The summed E-state index contributed by atoms with van der Waals surface area (Å²) in [4.78, 5) is -1.47. The zero-order valence-corrected chi connectivity index (χ0v) is 27.8. The van der Waals surface area contributed by atoms with E-state index in [0.29, 0.717) is 24.3 Å². The number of aromatic hydroxyl groups is 1. The van der Waals surface area contributed by atoms with Crippen LogP contribution in [0.3, 0.4) is 0 Å². The minimum atomic E-state index is -5.05. The van der Waals surface area contributed by atoms with Crippen molar-refractivity contribution < 1.29 is 44.2 Å². The molecule has 0 aliphatic carbocycles. The van der Waals surface area contributed by atoms with E-state index in [0.717, 1.165) is 18.2 Å². The summed E-state index contributed by atoms with van der Waals surface area (Å²) >= 11 is 0. The fourth-order valence-electron chi connectivity index (χ4n) is 4.56. The number of benzene rings is 4. The number of rotatable bonds is 11. The molecule has 4 aromatic carbocycles. The van der Waals surface area contributed by atoms with Gasteiger partial charge in [0.25, 0.3) is 20.2 Å². The average molecular weight is 707 g/mol. The number of aryl methyl sites for hydroxylation is 1. The molecule has 0 atom stereocenters. The molecule has 16 nitrogen and oxygen atoms in total. The summed E-state index contributed by atoms with van der Waals surface area (Å²) in [7, 11) is -12.1. The van der Waals surface area contributed by atoms with E-state index in [1.807, 2.05) is 0 Å². The highest BCUT2D eigenvalue weighted by Crippen LogP contribution is 2.45. The molecule has 5 N–H and O–H groups in total. The molecule has 4 rings (SSSR count). The van der Waals surface area contributed by atoms with Crippen LogP contribution in [0.5, 0.6) is 11.5 Å². The molecule has 0 radical (unpaired) electrons. The van der Waals surface area contributed by atoms with E-state index >= 15 is 0 Å². The molecule has 0 saturated carbocycles. The standard InChI is InChI=1S/C28H30N6O10S3/c1-5-34(6-2)45(36,37)19-9-7-18(8-10-19)30-32-23-11-16(3)22(15-24(23)44-4)31-33-27-25(47(41,42)43)13-17-12-20(46(38,39)40)14-21(29)26(17)28(27)35/h7-15,35H,5-6,29H2,1-4H3,(H,38,39,40)(H,41,42,43). The van der Waals surface area contributed by atoms with Crippen LogP contribution < -0.4 is 10.5 Å². The third-order valence-corrected chi connectivity index (χ3v) is 10.7. The number of hydrogen-bond donors (Lipinski definition) is 4. The number of sulfonamides is 1. The molecule has 0 saturated heterocycles. The molecule has 19 heteroatoms. The highest BCUT2D eigenvalue weighted by molar-refractivity contribution is 7.89. The molecule has 0 heterocycles. The fourth-order valence-corrected chi connectivity index (χ4v) is 7.23. The van der Waals surface area contributed by atoms with Gasteiger partial charge in [0.05, 0.1) is 28.3 Å². The molecule has 0 fully saturated rings. The van der Waals surface area contributed by atoms with Crippen LogP contribution in [0.15, 0.2) is 89.7 Å². The normalized spacial score (nSPS) is 12.9. The molecule has 0 aliphatic rings. The maximum absolute atomic E-state index is 12.7. The van der Waals surface area contributed by atoms with Crippen LogP contribution in [-0.4, -0.2) is 64.0 Å². The van der Waals surface area contributed by atoms with Gasteiger partial charge in [-0.15, -0.1) is 15.3 Å². The Kier molecular flexibility index (Phi) is 9.99. The highest BCUT2D eigenvalue weighted by atomic mass is 32.2. The van der Waals surface area contributed by atoms with Crippen LogP contribution >= 0.6 is 0 Å². The lowest BCUT2D eigenvalue weighted by molar-refractivity contribution is 0.416. The van der Waals surface area contributed by atoms with Crippen molar-refractivity contribution in [2.75, 3.05) is 25.9 Å². The molecule has 0 amide bonds. The van der Waals surface area contributed by atoms with Gasteiger partial charge in [-0.2, -0.15) is 26.3 Å². The van der Waals surface area contributed by atoms with Gasteiger partial charge in [-0.05, 0) is 66.4 Å². The number of fused-ring (bicyclic) bond motifs is 1. The lowest BCUT2D eigenvalue weighted by Crippen LogP contribution is -2.30. The second-order valence-electron chi connectivity index (χ2n) is 9.93. The zero-order valence-electron chi connectivity index (χ0n) is 25.3. The van der Waals surface area contributed by atoms with Gasteiger partial charge in [0.15, 0.2) is 5.75 Å².